The lowest BCUT2D eigenvalue weighted by atomic mass is 10.0. The second-order valence-electron chi connectivity index (χ2n) is 8.44. The Balaban J connectivity index is 1.42. The quantitative estimate of drug-likeness (QED) is 0.363. The van der Waals surface area contributed by atoms with Crippen LogP contribution in [0.3, 0.4) is 0 Å². The number of nitrogens with zero attached hydrogens (tertiary/aromatic N) is 6. The minimum Gasteiger partial charge on any atom is -0.313 e. The van der Waals surface area contributed by atoms with Gasteiger partial charge in [-0.25, -0.2) is 14.8 Å². The van der Waals surface area contributed by atoms with Crippen LogP contribution in [0.15, 0.2) is 40.3 Å². The number of fused-ring (bicyclic) bond motifs is 2. The van der Waals surface area contributed by atoms with E-state index in [1.807, 2.05) is 0 Å². The van der Waals surface area contributed by atoms with Gasteiger partial charge in [0.2, 0.25) is 5.95 Å². The van der Waals surface area contributed by atoms with Crippen LogP contribution in [0, 0.1) is 11.9 Å². The topological polar surface area (TPSA) is 127 Å². The minimum atomic E-state index is -4.60. The maximum absolute atomic E-state index is 14.4. The number of pyridine rings is 1. The monoisotopic (exact) mass is 504 g/mol. The van der Waals surface area contributed by atoms with E-state index >= 15 is 0 Å². The van der Waals surface area contributed by atoms with Crippen LogP contribution in [0.1, 0.15) is 29.4 Å². The van der Waals surface area contributed by atoms with Crippen molar-refractivity contribution < 1.29 is 22.0 Å². The lowest BCUT2D eigenvalue weighted by Gasteiger charge is -2.09. The molecule has 1 aliphatic rings. The van der Waals surface area contributed by atoms with E-state index < -0.39 is 35.9 Å². The van der Waals surface area contributed by atoms with E-state index in [0.717, 1.165) is 16.9 Å². The zero-order chi connectivity index (χ0) is 25.4. The van der Waals surface area contributed by atoms with Gasteiger partial charge in [0.1, 0.15) is 12.1 Å². The molecule has 0 saturated heterocycles. The van der Waals surface area contributed by atoms with E-state index in [9.17, 15) is 31.5 Å². The molecule has 0 bridgehead atoms. The van der Waals surface area contributed by atoms with Gasteiger partial charge in [-0.05, 0) is 36.0 Å². The predicted octanol–water partition coefficient (Wildman–Crippen LogP) is 2.63. The van der Waals surface area contributed by atoms with Crippen LogP contribution >= 0.6 is 0 Å². The van der Waals surface area contributed by atoms with Crippen LogP contribution in [0.4, 0.5) is 22.0 Å². The number of hydrogen-bond donors (Lipinski definition) is 2. The fourth-order valence-electron chi connectivity index (χ4n) is 4.40. The standard InChI is InChI=1S/C21H13F5N8O2/c22-15-6-28-18-11(3-13(31-34(15)18)12-5-29-20(36)30-19(12)35)10-2-9(10)8-1-14-16(27-4-8)17(23)32-33(14)7-21(24,25)26/h1,3-6,9-10H,2,7H2,(H2,29,30,35,36)/t9-,10+/m1/s1. The number of H-pyrrole nitrogens is 2. The second-order valence-corrected chi connectivity index (χ2v) is 8.44. The number of nitrogens with one attached hydrogen (secondary N) is 2. The summed E-state index contributed by atoms with van der Waals surface area (Å²) in [4.78, 5) is 36.1. The highest BCUT2D eigenvalue weighted by Crippen LogP contribution is 2.55. The summed E-state index contributed by atoms with van der Waals surface area (Å²) in [6, 6.07) is 2.96. The molecule has 0 spiro atoms. The van der Waals surface area contributed by atoms with Crippen LogP contribution in [0.2, 0.25) is 0 Å². The van der Waals surface area contributed by atoms with Gasteiger partial charge in [0.25, 0.3) is 11.5 Å². The molecule has 0 aromatic carbocycles. The summed E-state index contributed by atoms with van der Waals surface area (Å²) >= 11 is 0. The van der Waals surface area contributed by atoms with Crippen molar-refractivity contribution in [1.29, 1.82) is 0 Å². The van der Waals surface area contributed by atoms with Crippen molar-refractivity contribution in [2.45, 2.75) is 31.0 Å². The fourth-order valence-corrected chi connectivity index (χ4v) is 4.40. The van der Waals surface area contributed by atoms with E-state index in [1.165, 1.54) is 12.3 Å². The van der Waals surface area contributed by atoms with Crippen LogP contribution in [-0.4, -0.2) is 45.5 Å². The smallest absolute Gasteiger partial charge is 0.313 e. The number of imidazole rings is 1. The van der Waals surface area contributed by atoms with Crippen molar-refractivity contribution in [3.63, 3.8) is 0 Å². The maximum Gasteiger partial charge on any atom is 0.408 e. The van der Waals surface area contributed by atoms with Crippen molar-refractivity contribution in [2.75, 3.05) is 0 Å². The third-order valence-electron chi connectivity index (χ3n) is 6.07. The first-order valence-corrected chi connectivity index (χ1v) is 10.5. The molecule has 5 aromatic heterocycles. The number of rotatable bonds is 4. The van der Waals surface area contributed by atoms with E-state index in [0.29, 0.717) is 22.2 Å². The van der Waals surface area contributed by atoms with Gasteiger partial charge < -0.3 is 4.98 Å². The third-order valence-corrected chi connectivity index (χ3v) is 6.07. The number of halogens is 5. The fraction of sp³-hybridized carbons (Fsp3) is 0.238. The van der Waals surface area contributed by atoms with Crippen LogP contribution < -0.4 is 11.2 Å². The van der Waals surface area contributed by atoms with E-state index in [2.05, 4.69) is 30.1 Å². The molecule has 36 heavy (non-hydrogen) atoms. The summed E-state index contributed by atoms with van der Waals surface area (Å²) in [6.45, 7) is -1.47. The average Bonchev–Trinajstić information content (AvgIpc) is 3.44. The summed E-state index contributed by atoms with van der Waals surface area (Å²) in [7, 11) is 0. The molecule has 2 atom stereocenters. The molecule has 2 N–H and O–H groups in total. The Labute approximate surface area is 195 Å². The maximum atomic E-state index is 14.4. The number of hydrogen-bond acceptors (Lipinski definition) is 6. The summed E-state index contributed by atoms with van der Waals surface area (Å²) < 4.78 is 68.6. The molecular weight excluding hydrogens is 491 g/mol. The SMILES string of the molecule is O=c1[nH]cc(-c2cc([C@H]3C[C@@H]3c3cnc4c(F)nn(CC(F)(F)F)c4c3)c3ncc(F)n3n2)c(=O)[nH]1. The zero-order valence-corrected chi connectivity index (χ0v) is 17.8. The van der Waals surface area contributed by atoms with Gasteiger partial charge in [-0.3, -0.25) is 14.5 Å². The van der Waals surface area contributed by atoms with Gasteiger partial charge in [-0.1, -0.05) is 0 Å². The molecule has 0 radical (unpaired) electrons. The summed E-state index contributed by atoms with van der Waals surface area (Å²) in [5.41, 5.74) is -0.456. The van der Waals surface area contributed by atoms with Gasteiger partial charge in [-0.15, -0.1) is 5.10 Å². The first kappa shape index (κ1) is 22.1. The second kappa shape index (κ2) is 7.53. The molecule has 6 rings (SSSR count). The van der Waals surface area contributed by atoms with Crippen molar-refractivity contribution in [3.8, 4) is 11.3 Å². The van der Waals surface area contributed by atoms with Gasteiger partial charge in [0.05, 0.1) is 23.0 Å². The zero-order valence-electron chi connectivity index (χ0n) is 17.8. The molecule has 0 unspecified atom stereocenters. The lowest BCUT2D eigenvalue weighted by molar-refractivity contribution is -0.142. The number of aromatic nitrogens is 8. The molecule has 0 aliphatic heterocycles. The van der Waals surface area contributed by atoms with Gasteiger partial charge in [0.15, 0.2) is 5.65 Å². The molecule has 5 heterocycles. The predicted molar refractivity (Wildman–Crippen MR) is 113 cm³/mol. The normalized spacial score (nSPS) is 17.8. The molecule has 1 saturated carbocycles. The Bertz CT molecular complexity index is 1780. The van der Waals surface area contributed by atoms with Crippen molar-refractivity contribution in [2.24, 2.45) is 0 Å². The minimum absolute atomic E-state index is 0.00216. The average molecular weight is 504 g/mol. The van der Waals surface area contributed by atoms with Gasteiger partial charge >= 0.3 is 11.9 Å². The van der Waals surface area contributed by atoms with Crippen molar-refractivity contribution in [1.82, 2.24) is 39.3 Å². The van der Waals surface area contributed by atoms with E-state index in [4.69, 9.17) is 0 Å². The molecule has 15 heteroatoms. The highest BCUT2D eigenvalue weighted by Gasteiger charge is 2.42. The Hall–Kier alpha value is -4.43. The van der Waals surface area contributed by atoms with Crippen LogP contribution in [0.25, 0.3) is 27.9 Å². The van der Waals surface area contributed by atoms with Gasteiger partial charge in [0, 0.05) is 18.0 Å². The lowest BCUT2D eigenvalue weighted by Crippen LogP contribution is -2.23. The molecular formula is C21H13F5N8O2. The Kier molecular flexibility index (Phi) is 4.62. The number of aromatic amines is 2. The first-order chi connectivity index (χ1) is 17.1. The Morgan fingerprint density at radius 1 is 1.06 bits per heavy atom. The summed E-state index contributed by atoms with van der Waals surface area (Å²) in [5.74, 6) is -2.39. The molecule has 1 aliphatic carbocycles. The Morgan fingerprint density at radius 3 is 2.61 bits per heavy atom. The van der Waals surface area contributed by atoms with Crippen LogP contribution in [0.5, 0.6) is 0 Å². The molecule has 5 aromatic rings. The molecule has 10 nitrogen and oxygen atoms in total. The molecule has 184 valence electrons. The van der Waals surface area contributed by atoms with E-state index in [-0.39, 0.29) is 39.8 Å². The molecule has 0 amide bonds. The highest BCUT2D eigenvalue weighted by molar-refractivity contribution is 5.76. The van der Waals surface area contributed by atoms with Crippen molar-refractivity contribution >= 4 is 16.7 Å². The van der Waals surface area contributed by atoms with Gasteiger partial charge in [-0.2, -0.15) is 31.6 Å². The number of alkyl halides is 3. The van der Waals surface area contributed by atoms with Crippen molar-refractivity contribution in [3.05, 3.63) is 74.6 Å². The van der Waals surface area contributed by atoms with E-state index in [1.54, 1.807) is 6.07 Å². The summed E-state index contributed by atoms with van der Waals surface area (Å²) in [5, 5.41) is 7.44. The first-order valence-electron chi connectivity index (χ1n) is 10.5. The molecule has 1 fully saturated rings. The summed E-state index contributed by atoms with van der Waals surface area (Å²) in [6.07, 6.45) is -0.595. The van der Waals surface area contributed by atoms with Crippen LogP contribution in [-0.2, 0) is 6.54 Å². The highest BCUT2D eigenvalue weighted by atomic mass is 19.4. The Morgan fingerprint density at radius 2 is 1.86 bits per heavy atom. The third kappa shape index (κ3) is 3.63. The largest absolute Gasteiger partial charge is 0.408 e.